The molecule has 22 heavy (non-hydrogen) atoms. The molecule has 1 fully saturated rings. The van der Waals surface area contributed by atoms with E-state index in [4.69, 9.17) is 0 Å². The Bertz CT molecular complexity index is 550. The topological polar surface area (TPSA) is 78.4 Å². The lowest BCUT2D eigenvalue weighted by Gasteiger charge is -2.14. The van der Waals surface area contributed by atoms with Gasteiger partial charge >= 0.3 is 0 Å². The third-order valence-electron chi connectivity index (χ3n) is 3.81. The van der Waals surface area contributed by atoms with Crippen LogP contribution in [0.25, 0.3) is 0 Å². The summed E-state index contributed by atoms with van der Waals surface area (Å²) >= 11 is 1.30. The van der Waals surface area contributed by atoms with E-state index in [1.807, 2.05) is 26.8 Å². The average molecular weight is 324 g/mol. The fraction of sp³-hybridized carbons (Fsp3) is 0.625. The van der Waals surface area contributed by atoms with Crippen LogP contribution in [0.4, 0.5) is 5.00 Å². The molecule has 1 aliphatic rings. The van der Waals surface area contributed by atoms with Crippen LogP contribution in [0.3, 0.4) is 0 Å². The molecule has 1 heterocycles. The quantitative estimate of drug-likeness (QED) is 0.721. The summed E-state index contributed by atoms with van der Waals surface area (Å²) in [6.45, 7) is 6.20. The maximum Gasteiger partial charge on any atom is 0.261 e. The van der Waals surface area contributed by atoms with Gasteiger partial charge in [0.05, 0.1) is 16.0 Å². The second-order valence-corrected chi connectivity index (χ2v) is 7.29. The van der Waals surface area contributed by atoms with Crippen LogP contribution < -0.4 is 10.6 Å². The van der Waals surface area contributed by atoms with Gasteiger partial charge in [-0.05, 0) is 43.7 Å². The van der Waals surface area contributed by atoms with Gasteiger partial charge in [0.25, 0.3) is 5.91 Å². The summed E-state index contributed by atoms with van der Waals surface area (Å²) in [6.07, 6.45) is 2.06. The predicted octanol–water partition coefficient (Wildman–Crippen LogP) is 2.54. The number of carbonyl (C=O) groups is 2. The van der Waals surface area contributed by atoms with E-state index in [1.54, 1.807) is 0 Å². The minimum absolute atomic E-state index is 0.0493. The number of anilines is 1. The molecule has 122 valence electrons. The average Bonchev–Trinajstić information content (AvgIpc) is 3.23. The van der Waals surface area contributed by atoms with Crippen molar-refractivity contribution < 1.29 is 14.7 Å². The highest BCUT2D eigenvalue weighted by Gasteiger charge is 2.30. The van der Waals surface area contributed by atoms with Crippen molar-refractivity contribution in [3.05, 3.63) is 16.5 Å². The molecule has 0 bridgehead atoms. The molecule has 5 nitrogen and oxygen atoms in total. The number of hydrogen-bond donors (Lipinski definition) is 3. The van der Waals surface area contributed by atoms with Gasteiger partial charge in [-0.25, -0.2) is 0 Å². The molecule has 3 N–H and O–H groups in total. The Balaban J connectivity index is 1.86. The first-order valence-corrected chi connectivity index (χ1v) is 8.57. The largest absolute Gasteiger partial charge is 0.393 e. The third kappa shape index (κ3) is 4.55. The smallest absolute Gasteiger partial charge is 0.261 e. The minimum atomic E-state index is -0.405. The minimum Gasteiger partial charge on any atom is -0.393 e. The first-order chi connectivity index (χ1) is 10.4. The summed E-state index contributed by atoms with van der Waals surface area (Å²) in [5.41, 5.74) is 0.859. The van der Waals surface area contributed by atoms with Gasteiger partial charge in [-0.2, -0.15) is 0 Å². The van der Waals surface area contributed by atoms with Crippen LogP contribution in [0.1, 0.15) is 48.3 Å². The van der Waals surface area contributed by atoms with Gasteiger partial charge in [-0.3, -0.25) is 9.59 Å². The van der Waals surface area contributed by atoms with Crippen molar-refractivity contribution >= 4 is 28.2 Å². The molecule has 0 spiro atoms. The highest BCUT2D eigenvalue weighted by Crippen LogP contribution is 2.32. The molecule has 6 heteroatoms. The van der Waals surface area contributed by atoms with E-state index in [9.17, 15) is 14.7 Å². The maximum absolute atomic E-state index is 12.2. The fourth-order valence-corrected chi connectivity index (χ4v) is 3.08. The van der Waals surface area contributed by atoms with Crippen LogP contribution in [-0.2, 0) is 4.79 Å². The zero-order chi connectivity index (χ0) is 16.3. The summed E-state index contributed by atoms with van der Waals surface area (Å²) in [7, 11) is 0. The fourth-order valence-electron chi connectivity index (χ4n) is 2.09. The molecule has 1 atom stereocenters. The summed E-state index contributed by atoms with van der Waals surface area (Å²) in [5.74, 6) is 0.237. The van der Waals surface area contributed by atoms with Crippen molar-refractivity contribution in [3.63, 3.8) is 0 Å². The van der Waals surface area contributed by atoms with E-state index in [0.29, 0.717) is 17.8 Å². The molecule has 2 amide bonds. The Kier molecular flexibility index (Phi) is 5.58. The Morgan fingerprint density at radius 2 is 2.09 bits per heavy atom. The summed E-state index contributed by atoms with van der Waals surface area (Å²) < 4.78 is 0. The second-order valence-electron chi connectivity index (χ2n) is 6.24. The van der Waals surface area contributed by atoms with Gasteiger partial charge in [-0.15, -0.1) is 11.3 Å². The van der Waals surface area contributed by atoms with Gasteiger partial charge in [0, 0.05) is 12.5 Å². The van der Waals surface area contributed by atoms with E-state index in [0.717, 1.165) is 23.4 Å². The van der Waals surface area contributed by atoms with Crippen molar-refractivity contribution in [1.29, 1.82) is 0 Å². The van der Waals surface area contributed by atoms with E-state index in [2.05, 4.69) is 10.6 Å². The van der Waals surface area contributed by atoms with Crippen LogP contribution in [0, 0.1) is 18.8 Å². The number of carbonyl (C=O) groups excluding carboxylic acids is 2. The number of aliphatic hydroxyl groups is 1. The van der Waals surface area contributed by atoms with Gasteiger partial charge in [-0.1, -0.05) is 13.8 Å². The lowest BCUT2D eigenvalue weighted by molar-refractivity contribution is -0.117. The standard InChI is InChI=1S/C16H24N2O3S/c1-9(2)12(19)6-7-17-16(21)14-10(3)8-13(22-14)18-15(20)11-4-5-11/h8-9,11-12,19H,4-7H2,1-3H3,(H,17,21)(H,18,20). The van der Waals surface area contributed by atoms with E-state index >= 15 is 0 Å². The number of nitrogens with one attached hydrogen (secondary N) is 2. The van der Waals surface area contributed by atoms with Crippen molar-refractivity contribution in [2.75, 3.05) is 11.9 Å². The monoisotopic (exact) mass is 324 g/mol. The van der Waals surface area contributed by atoms with Gasteiger partial charge in [0.1, 0.15) is 0 Å². The molecular formula is C16H24N2O3S. The number of aliphatic hydroxyl groups excluding tert-OH is 1. The van der Waals surface area contributed by atoms with Gasteiger partial charge in [0.15, 0.2) is 0 Å². The first-order valence-electron chi connectivity index (χ1n) is 7.76. The Hall–Kier alpha value is -1.40. The predicted molar refractivity (Wildman–Crippen MR) is 88.2 cm³/mol. The Morgan fingerprint density at radius 1 is 1.41 bits per heavy atom. The molecule has 1 aromatic heterocycles. The van der Waals surface area contributed by atoms with Crippen molar-refractivity contribution in [2.45, 2.75) is 46.1 Å². The van der Waals surface area contributed by atoms with E-state index in [-0.39, 0.29) is 23.7 Å². The summed E-state index contributed by atoms with van der Waals surface area (Å²) in [6, 6.07) is 1.84. The summed E-state index contributed by atoms with van der Waals surface area (Å²) in [4.78, 5) is 24.5. The van der Waals surface area contributed by atoms with E-state index < -0.39 is 6.10 Å². The lowest BCUT2D eigenvalue weighted by atomic mass is 10.0. The Labute approximate surface area is 135 Å². The van der Waals surface area contributed by atoms with E-state index in [1.165, 1.54) is 11.3 Å². The van der Waals surface area contributed by atoms with Crippen molar-refractivity contribution in [3.8, 4) is 0 Å². The number of hydrogen-bond acceptors (Lipinski definition) is 4. The molecule has 1 saturated carbocycles. The van der Waals surface area contributed by atoms with Crippen LogP contribution in [-0.4, -0.2) is 29.6 Å². The van der Waals surface area contributed by atoms with Gasteiger partial charge in [0.2, 0.25) is 5.91 Å². The number of rotatable bonds is 7. The molecule has 1 aliphatic carbocycles. The molecule has 0 aromatic carbocycles. The molecular weight excluding hydrogens is 300 g/mol. The SMILES string of the molecule is Cc1cc(NC(=O)C2CC2)sc1C(=O)NCCC(O)C(C)C. The normalized spacial score (nSPS) is 15.7. The third-order valence-corrected chi connectivity index (χ3v) is 4.97. The molecule has 1 unspecified atom stereocenters. The van der Waals surface area contributed by atoms with Crippen LogP contribution in [0.2, 0.25) is 0 Å². The molecule has 2 rings (SSSR count). The van der Waals surface area contributed by atoms with Crippen molar-refractivity contribution in [2.24, 2.45) is 11.8 Å². The highest BCUT2D eigenvalue weighted by molar-refractivity contribution is 7.18. The molecule has 1 aromatic rings. The van der Waals surface area contributed by atoms with Crippen LogP contribution in [0.5, 0.6) is 0 Å². The summed E-state index contributed by atoms with van der Waals surface area (Å²) in [5, 5.41) is 16.1. The highest BCUT2D eigenvalue weighted by atomic mass is 32.1. The van der Waals surface area contributed by atoms with Crippen LogP contribution in [0.15, 0.2) is 6.07 Å². The van der Waals surface area contributed by atoms with Crippen LogP contribution >= 0.6 is 11.3 Å². The van der Waals surface area contributed by atoms with Gasteiger partial charge < -0.3 is 15.7 Å². The number of thiophene rings is 1. The molecule has 0 aliphatic heterocycles. The first kappa shape index (κ1) is 17.0. The second kappa shape index (κ2) is 7.24. The van der Waals surface area contributed by atoms with Crippen molar-refractivity contribution in [1.82, 2.24) is 5.32 Å². The number of aryl methyl sites for hydroxylation is 1. The molecule has 0 saturated heterocycles. The molecule has 0 radical (unpaired) electrons. The zero-order valence-corrected chi connectivity index (χ0v) is 14.1. The maximum atomic E-state index is 12.2. The number of amides is 2. The zero-order valence-electron chi connectivity index (χ0n) is 13.3. The lowest BCUT2D eigenvalue weighted by Crippen LogP contribution is -2.28. The Morgan fingerprint density at radius 3 is 2.68 bits per heavy atom.